The molecule has 10 heteroatoms. The smallest absolute Gasteiger partial charge is 0.251 e. The average Bonchev–Trinajstić information content (AvgIpc) is 3.40. The largest absolute Gasteiger partial charge is 0.349 e. The molecule has 1 aromatic rings. The molecule has 0 aromatic heterocycles. The molecule has 1 aromatic carbocycles. The zero-order chi connectivity index (χ0) is 21.9. The lowest BCUT2D eigenvalue weighted by Gasteiger charge is -2.29. The Morgan fingerprint density at radius 2 is 1.97 bits per heavy atom. The van der Waals surface area contributed by atoms with E-state index in [1.54, 1.807) is 4.90 Å². The van der Waals surface area contributed by atoms with Gasteiger partial charge < -0.3 is 20.4 Å². The third-order valence-electron chi connectivity index (χ3n) is 6.59. The van der Waals surface area contributed by atoms with Crippen molar-refractivity contribution in [1.29, 1.82) is 0 Å². The van der Waals surface area contributed by atoms with Crippen molar-refractivity contribution in [2.75, 3.05) is 13.1 Å². The summed E-state index contributed by atoms with van der Waals surface area (Å²) in [6.07, 6.45) is 2.53. The molecule has 2 N–H and O–H groups in total. The van der Waals surface area contributed by atoms with E-state index in [0.717, 1.165) is 18.9 Å². The van der Waals surface area contributed by atoms with E-state index >= 15 is 0 Å². The molecule has 0 spiro atoms. The Bertz CT molecular complexity index is 984. The summed E-state index contributed by atoms with van der Waals surface area (Å²) in [7, 11) is 0. The number of amides is 4. The third-order valence-corrected chi connectivity index (χ3v) is 6.88. The number of halogens is 2. The number of carbonyl (C=O) groups excluding carboxylic acids is 4. The summed E-state index contributed by atoms with van der Waals surface area (Å²) in [6, 6.07) is 1.48. The van der Waals surface area contributed by atoms with Crippen molar-refractivity contribution in [3.8, 4) is 0 Å². The number of nitrogens with one attached hydrogen (secondary N) is 2. The Kier molecular flexibility index (Phi) is 4.88. The first-order valence-electron chi connectivity index (χ1n) is 10.5. The second-order valence-corrected chi connectivity index (χ2v) is 9.10. The highest BCUT2D eigenvalue weighted by molar-refractivity contribution is 6.31. The average molecular weight is 449 g/mol. The molecule has 31 heavy (non-hydrogen) atoms. The SMILES string of the molecule is O=C(NC1CC2C(=O)NC3CCN(C(=O)C4CC4)C3C(=O)N2C1)c1ccc(F)c(Cl)c1. The van der Waals surface area contributed by atoms with Crippen LogP contribution in [0.4, 0.5) is 4.39 Å². The number of hydrogen-bond acceptors (Lipinski definition) is 4. The maximum Gasteiger partial charge on any atom is 0.251 e. The van der Waals surface area contributed by atoms with Crippen molar-refractivity contribution in [2.45, 2.75) is 49.9 Å². The molecule has 1 saturated carbocycles. The fourth-order valence-electron chi connectivity index (χ4n) is 4.85. The minimum atomic E-state index is -0.696. The number of benzene rings is 1. The predicted octanol–water partition coefficient (Wildman–Crippen LogP) is 0.688. The van der Waals surface area contributed by atoms with Gasteiger partial charge >= 0.3 is 0 Å². The van der Waals surface area contributed by atoms with Gasteiger partial charge in [0, 0.05) is 30.6 Å². The first-order chi connectivity index (χ1) is 14.8. The van der Waals surface area contributed by atoms with Crippen LogP contribution in [0.2, 0.25) is 5.02 Å². The van der Waals surface area contributed by atoms with Crippen LogP contribution in [0.15, 0.2) is 18.2 Å². The zero-order valence-electron chi connectivity index (χ0n) is 16.6. The quantitative estimate of drug-likeness (QED) is 0.710. The lowest BCUT2D eigenvalue weighted by molar-refractivity contribution is -0.145. The van der Waals surface area contributed by atoms with Gasteiger partial charge in [-0.1, -0.05) is 11.6 Å². The first kappa shape index (κ1) is 20.2. The van der Waals surface area contributed by atoms with Crippen LogP contribution in [0.3, 0.4) is 0 Å². The van der Waals surface area contributed by atoms with Crippen LogP contribution in [0.25, 0.3) is 0 Å². The van der Waals surface area contributed by atoms with Gasteiger partial charge in [0.1, 0.15) is 17.9 Å². The maximum absolute atomic E-state index is 13.4. The van der Waals surface area contributed by atoms with Crippen molar-refractivity contribution >= 4 is 35.2 Å². The van der Waals surface area contributed by atoms with Gasteiger partial charge in [-0.3, -0.25) is 19.2 Å². The van der Waals surface area contributed by atoms with E-state index in [-0.39, 0.29) is 53.2 Å². The fourth-order valence-corrected chi connectivity index (χ4v) is 5.03. The third kappa shape index (κ3) is 3.54. The summed E-state index contributed by atoms with van der Waals surface area (Å²) in [5, 5.41) is 5.59. The Hall–Kier alpha value is -2.68. The van der Waals surface area contributed by atoms with Crippen molar-refractivity contribution in [3.63, 3.8) is 0 Å². The number of hydrogen-bond donors (Lipinski definition) is 2. The summed E-state index contributed by atoms with van der Waals surface area (Å²) in [6.45, 7) is 0.632. The number of fused-ring (bicyclic) bond motifs is 2. The van der Waals surface area contributed by atoms with Gasteiger partial charge in [0.2, 0.25) is 17.7 Å². The van der Waals surface area contributed by atoms with Crippen molar-refractivity contribution in [2.24, 2.45) is 5.92 Å². The summed E-state index contributed by atoms with van der Waals surface area (Å²) in [4.78, 5) is 54.5. The summed E-state index contributed by atoms with van der Waals surface area (Å²) < 4.78 is 13.4. The number of rotatable bonds is 3. The molecule has 3 saturated heterocycles. The second-order valence-electron chi connectivity index (χ2n) is 8.70. The van der Waals surface area contributed by atoms with E-state index in [1.807, 2.05) is 0 Å². The lowest BCUT2D eigenvalue weighted by Crippen LogP contribution is -2.53. The van der Waals surface area contributed by atoms with E-state index in [2.05, 4.69) is 10.6 Å². The molecule has 4 unspecified atom stereocenters. The minimum absolute atomic E-state index is 0.00514. The number of nitrogens with zero attached hydrogens (tertiary/aromatic N) is 2. The van der Waals surface area contributed by atoms with Gasteiger partial charge in [0.25, 0.3) is 5.91 Å². The molecular formula is C21H22ClFN4O4. The molecule has 3 aliphatic heterocycles. The standard InChI is InChI=1S/C21H22ClFN4O4/c22-13-7-11(3-4-14(13)23)18(28)24-12-8-16-19(29)25-15-5-6-26(20(30)10-1-2-10)17(15)21(31)27(16)9-12/h3-4,7,10,12,15-17H,1-2,5-6,8-9H2,(H,24,28)(H,25,29). The van der Waals surface area contributed by atoms with Crippen LogP contribution in [0.5, 0.6) is 0 Å². The Balaban J connectivity index is 1.32. The van der Waals surface area contributed by atoms with Gasteiger partial charge in [-0.25, -0.2) is 4.39 Å². The van der Waals surface area contributed by atoms with Gasteiger partial charge in [-0.15, -0.1) is 0 Å². The van der Waals surface area contributed by atoms with Crippen LogP contribution in [0.1, 0.15) is 36.0 Å². The zero-order valence-corrected chi connectivity index (χ0v) is 17.4. The predicted molar refractivity (Wildman–Crippen MR) is 108 cm³/mol. The van der Waals surface area contributed by atoms with Crippen molar-refractivity contribution in [3.05, 3.63) is 34.6 Å². The number of likely N-dealkylation sites (tertiary alicyclic amines) is 1. The van der Waals surface area contributed by atoms with Gasteiger partial charge in [-0.2, -0.15) is 0 Å². The first-order valence-corrected chi connectivity index (χ1v) is 10.9. The molecule has 4 atom stereocenters. The summed E-state index contributed by atoms with van der Waals surface area (Å²) in [5.41, 5.74) is 0.196. The van der Waals surface area contributed by atoms with Crippen LogP contribution in [-0.2, 0) is 14.4 Å². The molecule has 0 bridgehead atoms. The van der Waals surface area contributed by atoms with Gasteiger partial charge in [0.05, 0.1) is 11.1 Å². The second kappa shape index (κ2) is 7.47. The highest BCUT2D eigenvalue weighted by Crippen LogP contribution is 2.36. The molecule has 4 aliphatic rings. The van der Waals surface area contributed by atoms with E-state index in [4.69, 9.17) is 11.6 Å². The molecule has 4 amide bonds. The lowest BCUT2D eigenvalue weighted by atomic mass is 10.1. The van der Waals surface area contributed by atoms with Crippen LogP contribution >= 0.6 is 11.6 Å². The number of carbonyl (C=O) groups is 4. The molecule has 8 nitrogen and oxygen atoms in total. The summed E-state index contributed by atoms with van der Waals surface area (Å²) >= 11 is 5.75. The van der Waals surface area contributed by atoms with Crippen molar-refractivity contribution < 1.29 is 23.6 Å². The van der Waals surface area contributed by atoms with Crippen LogP contribution in [0, 0.1) is 11.7 Å². The van der Waals surface area contributed by atoms with E-state index in [0.29, 0.717) is 13.0 Å². The van der Waals surface area contributed by atoms with Crippen LogP contribution < -0.4 is 10.6 Å². The highest BCUT2D eigenvalue weighted by Gasteiger charge is 2.53. The molecule has 0 radical (unpaired) electrons. The molecule has 1 aliphatic carbocycles. The van der Waals surface area contributed by atoms with Crippen molar-refractivity contribution in [1.82, 2.24) is 20.4 Å². The van der Waals surface area contributed by atoms with E-state index in [9.17, 15) is 23.6 Å². The van der Waals surface area contributed by atoms with E-state index < -0.39 is 29.8 Å². The molecule has 164 valence electrons. The normalized spacial score (nSPS) is 29.9. The van der Waals surface area contributed by atoms with E-state index in [1.165, 1.54) is 17.0 Å². The Morgan fingerprint density at radius 3 is 2.68 bits per heavy atom. The minimum Gasteiger partial charge on any atom is -0.349 e. The fraction of sp³-hybridized carbons (Fsp3) is 0.524. The molecule has 3 heterocycles. The molecular weight excluding hydrogens is 427 g/mol. The monoisotopic (exact) mass is 448 g/mol. The molecule has 4 fully saturated rings. The van der Waals surface area contributed by atoms with Gasteiger partial charge in [-0.05, 0) is 43.9 Å². The van der Waals surface area contributed by atoms with Crippen LogP contribution in [-0.4, -0.2) is 70.7 Å². The topological polar surface area (TPSA) is 98.8 Å². The Labute approximate surface area is 183 Å². The maximum atomic E-state index is 13.4. The Morgan fingerprint density at radius 1 is 1.19 bits per heavy atom. The molecule has 5 rings (SSSR count). The highest BCUT2D eigenvalue weighted by atomic mass is 35.5. The van der Waals surface area contributed by atoms with Gasteiger partial charge in [0.15, 0.2) is 0 Å². The summed E-state index contributed by atoms with van der Waals surface area (Å²) in [5.74, 6) is -1.60.